The van der Waals surface area contributed by atoms with E-state index in [0.29, 0.717) is 141 Å². The summed E-state index contributed by atoms with van der Waals surface area (Å²) in [5.41, 5.74) is 3.81. The summed E-state index contributed by atoms with van der Waals surface area (Å²) in [6, 6.07) is 33.8. The van der Waals surface area contributed by atoms with E-state index in [-0.39, 0.29) is 137 Å². The number of hydrogen-bond acceptors (Lipinski definition) is 33. The number of aromatic hydroxyl groups is 5. The number of aliphatic hydroxyl groups is 1. The Balaban J connectivity index is 0.000000386. The van der Waals surface area contributed by atoms with Gasteiger partial charge in [0.1, 0.15) is 99.5 Å². The molecule has 0 unspecified atom stereocenters. The van der Waals surface area contributed by atoms with Gasteiger partial charge in [0, 0.05) is 95.1 Å². The second-order valence-corrected chi connectivity index (χ2v) is 32.4. The Morgan fingerprint density at radius 1 is 0.573 bits per heavy atom. The number of carbonyl (C=O) groups is 8. The summed E-state index contributed by atoms with van der Waals surface area (Å²) >= 11 is 19.4. The molecule has 0 atom stereocenters. The number of hydrazine groups is 1. The van der Waals surface area contributed by atoms with Crippen molar-refractivity contribution >= 4 is 183 Å². The number of thiophene rings is 2. The summed E-state index contributed by atoms with van der Waals surface area (Å²) in [4.78, 5) is 90.7. The number of ketones is 5. The summed E-state index contributed by atoms with van der Waals surface area (Å²) in [7, 11) is 0.437. The maximum Gasteiger partial charge on any atom is 1.00 e. The third kappa shape index (κ3) is 34.2. The zero-order valence-corrected chi connectivity index (χ0v) is 81.3. The second kappa shape index (κ2) is 56.3. The van der Waals surface area contributed by atoms with Crippen LogP contribution in [0.15, 0.2) is 168 Å². The molecule has 0 saturated heterocycles. The molecule has 15 rings (SSSR count). The van der Waals surface area contributed by atoms with Crippen molar-refractivity contribution in [3.8, 4) is 97.4 Å². The number of benzene rings is 7. The summed E-state index contributed by atoms with van der Waals surface area (Å²) in [5.74, 6) is 7.30. The van der Waals surface area contributed by atoms with Gasteiger partial charge in [0.05, 0.1) is 137 Å². The van der Waals surface area contributed by atoms with E-state index in [4.69, 9.17) is 91.7 Å². The van der Waals surface area contributed by atoms with Crippen LogP contribution in [0.2, 0.25) is 0 Å². The number of carbonyl (C=O) groups excluding carboxylic acids is 7. The Morgan fingerprint density at radius 2 is 1.03 bits per heavy atom. The average Bonchev–Trinajstić information content (AvgIpc) is 1.58. The molecule has 0 amide bonds. The minimum atomic E-state index is -5.84. The molecule has 0 radical (unpaired) electrons. The molecule has 5 aliphatic rings. The van der Waals surface area contributed by atoms with Crippen LogP contribution in [-0.4, -0.2) is 195 Å². The number of rotatable bonds is 16. The fraction of sp³-hybridized carbons (Fsp3) is 0.250. The van der Waals surface area contributed by atoms with Gasteiger partial charge in [-0.1, -0.05) is 37.9 Å². The number of esters is 2. The molecule has 8 heterocycles. The number of phenols is 5. The number of nitrogens with one attached hydrogen (secondary N) is 1. The molecule has 10 aromatic rings. The predicted octanol–water partition coefficient (Wildman–Crippen LogP) is 14.8. The third-order valence-electron chi connectivity index (χ3n) is 16.8. The van der Waals surface area contributed by atoms with Crippen molar-refractivity contribution in [2.24, 2.45) is 5.84 Å². The monoisotopic (exact) mass is 2220 g/mol. The zero-order valence-electron chi connectivity index (χ0n) is 70.1. The standard InChI is InChI=1S/C18H15BrN2O4S.C14H13BrO6.C10H9BrO3.C10H10O3.C9H9BrO3.C9H8O3.C6H6O2.C4H6N2S.C3H5BrO2.CHF3O3S.ClH.Li.H2O/c1-3-24-18(22)16-12-8-25-14-7-15(23-2)13(19)6-11(14)17(12)21(20-16)10-4-5-26-9-10;1-3-20-14(18)13(17)8-6-21-10-5-11(19-2)9(15)4-7(10)12(8)16;1-13-10-5-9-6(4-7(10)11)8(12)2-3-14-9;1-12-7-2-3-8-9(11)4-5-13-10(8)6-7;10-4-3-8(12)7-2-1-6(11)5-9(7)13;10-6-1-2-7-8(11)3-4-12-9(7)5-6;7-5-2-1-3-6(8)4-5;5-6-4-1-2-7-3-4;4-2-1-3(5)6;2-1(3,4)8(5,6)7;;;/h4-7,9H,3,8H2,1-2H3;4-5,16H,3,6H2,1-2H3;4-5H,2-3H2,1H3;2-3,6H,4-5H2,1H3;1-2,5,11,13H,3-4H2;1-2,5,10H,3-4H2;1-4,7-8H;1-3,6H,5H2;1-2H2,(H,5,6);(H,5,6,7);1H;;1H2/q;;;;;;;;;;;+1;/p-1. The SMILES string of the molecule is CCOC(=O)C(=O)C1=C(O)c2cc(Br)c(OC)cc2OC1.CCOC(=O)c1nn(-c2ccsc2)c2c1COc1cc(OC)c(Br)cc1-2.COc1cc2c(cc1Br)C(=O)CCO2.COc1ccc2c(c1)OCCC2=O.Cl.NNc1ccsc1.O=C(CCBr)c1ccc(O)cc1O.O=C(O)CCBr.O=C1CCOc2cc(O)ccc21.O=S(=O)(O)C(F)(F)F.Oc1cccc(O)c1.[Li+].[OH-]. The maximum atomic E-state index is 12.4. The quantitative estimate of drug-likeness (QED) is 0.00494. The first-order chi connectivity index (χ1) is 60.8. The number of ether oxygens (including phenoxy) is 11. The van der Waals surface area contributed by atoms with Gasteiger partial charge < -0.3 is 98.8 Å². The minimum absolute atomic E-state index is 0. The number of nitrogen functional groups attached to an aromatic ring is 1. The normalized spacial score (nSPS) is 12.2. The topological polar surface area (TPSA) is 520 Å². The molecule has 47 heteroatoms. The zero-order chi connectivity index (χ0) is 94.7. The van der Waals surface area contributed by atoms with Crippen molar-refractivity contribution in [2.45, 2.75) is 58.1 Å². The largest absolute Gasteiger partial charge is 1.00 e. The molecular formula is C84H84Br5ClF3LiN4O30S3. The summed E-state index contributed by atoms with van der Waals surface area (Å²) in [6.45, 7) is 5.11. The van der Waals surface area contributed by atoms with Crippen LogP contribution in [0.3, 0.4) is 0 Å². The number of methoxy groups -OCH3 is 4. The summed E-state index contributed by atoms with van der Waals surface area (Å²) in [6.07, 6.45) is 1.89. The van der Waals surface area contributed by atoms with E-state index in [2.05, 4.69) is 94.9 Å². The van der Waals surface area contributed by atoms with Crippen LogP contribution >= 0.6 is 115 Å². The van der Waals surface area contributed by atoms with E-state index in [1.54, 1.807) is 117 Å². The van der Waals surface area contributed by atoms with Gasteiger partial charge in [-0.2, -0.15) is 49.4 Å². The van der Waals surface area contributed by atoms with Crippen LogP contribution in [0.4, 0.5) is 18.9 Å². The van der Waals surface area contributed by atoms with Crippen molar-refractivity contribution in [1.82, 2.24) is 9.78 Å². The van der Waals surface area contributed by atoms with Crippen molar-refractivity contribution in [1.29, 1.82) is 0 Å². The molecule has 702 valence electrons. The summed E-state index contributed by atoms with van der Waals surface area (Å²) < 4.78 is 119. The van der Waals surface area contributed by atoms with E-state index in [1.807, 2.05) is 45.8 Å². The Morgan fingerprint density at radius 3 is 1.47 bits per heavy atom. The molecule has 0 bridgehead atoms. The first kappa shape index (κ1) is 115. The fourth-order valence-corrected chi connectivity index (χ4v) is 14.2. The molecule has 0 spiro atoms. The molecule has 0 saturated carbocycles. The Bertz CT molecular complexity index is 5690. The number of carboxylic acid groups (broad SMARTS) is 1. The first-order valence-electron chi connectivity index (χ1n) is 37.0. The second-order valence-electron chi connectivity index (χ2n) is 25.3. The van der Waals surface area contributed by atoms with Gasteiger partial charge in [0.2, 0.25) is 0 Å². The molecule has 12 N–H and O–H groups in total. The van der Waals surface area contributed by atoms with Gasteiger partial charge in [-0.3, -0.25) is 39.2 Å². The molecular weight excluding hydrogens is 2140 g/mol. The average molecular weight is 2220 g/mol. The van der Waals surface area contributed by atoms with Crippen molar-refractivity contribution < 1.29 is 177 Å². The molecule has 0 aliphatic carbocycles. The molecule has 0 fully saturated rings. The van der Waals surface area contributed by atoms with E-state index in [9.17, 15) is 61.7 Å². The summed E-state index contributed by atoms with van der Waals surface area (Å²) in [5, 5.41) is 76.3. The van der Waals surface area contributed by atoms with Gasteiger partial charge >= 0.3 is 52.4 Å². The number of nitrogens with zero attached hydrogens (tertiary/aromatic N) is 2. The number of carboxylic acids is 1. The Hall–Kier alpha value is -10.6. The van der Waals surface area contributed by atoms with Crippen LogP contribution < -0.4 is 72.8 Å². The maximum absolute atomic E-state index is 12.4. The molecule has 3 aromatic heterocycles. The number of phenolic OH excluding ortho intramolecular Hbond substituents is 5. The van der Waals surface area contributed by atoms with E-state index in [1.165, 1.54) is 49.6 Å². The van der Waals surface area contributed by atoms with Gasteiger partial charge in [-0.25, -0.2) is 14.3 Å². The number of Topliss-reactive ketones (excluding diaryl/α,β-unsaturated/α-hetero) is 5. The van der Waals surface area contributed by atoms with Gasteiger partial charge in [0.25, 0.3) is 5.78 Å². The van der Waals surface area contributed by atoms with Gasteiger partial charge in [-0.05, 0) is 151 Å². The number of aliphatic carboxylic acids is 1. The molecule has 7 aromatic carbocycles. The number of aliphatic hydroxyl groups excluding tert-OH is 1. The van der Waals surface area contributed by atoms with Crippen LogP contribution in [0.1, 0.15) is 109 Å². The number of hydrogen-bond donors (Lipinski definition) is 10. The first-order valence-corrected chi connectivity index (χ1v) is 45.0. The van der Waals surface area contributed by atoms with E-state index in [0.717, 1.165) is 43.2 Å². The number of halogens is 9. The molecule has 5 aliphatic heterocycles. The van der Waals surface area contributed by atoms with Crippen LogP contribution in [0.25, 0.3) is 22.7 Å². The van der Waals surface area contributed by atoms with E-state index >= 15 is 0 Å². The number of alkyl halides is 5. The van der Waals surface area contributed by atoms with E-state index < -0.39 is 39.3 Å². The van der Waals surface area contributed by atoms with Crippen LogP contribution in [-0.2, 0) is 40.6 Å². The minimum Gasteiger partial charge on any atom is -0.870 e. The predicted molar refractivity (Wildman–Crippen MR) is 491 cm³/mol. The van der Waals surface area contributed by atoms with Gasteiger partial charge in [-0.15, -0.1) is 12.4 Å². The van der Waals surface area contributed by atoms with Crippen molar-refractivity contribution in [2.75, 3.05) is 84.2 Å². The van der Waals surface area contributed by atoms with Crippen molar-refractivity contribution in [3.05, 3.63) is 207 Å². The Labute approximate surface area is 815 Å². The number of nitrogens with two attached hydrogens (primary N) is 1. The number of anilines is 1. The number of aromatic nitrogens is 2. The third-order valence-corrected chi connectivity index (χ3v) is 21.4. The Kier molecular flexibility index (Phi) is 49.2. The van der Waals surface area contributed by atoms with Gasteiger partial charge in [0.15, 0.2) is 28.8 Å². The molecule has 34 nitrogen and oxygen atoms in total. The smallest absolute Gasteiger partial charge is 0.870 e. The van der Waals surface area contributed by atoms with Crippen molar-refractivity contribution in [3.63, 3.8) is 0 Å². The van der Waals surface area contributed by atoms with Crippen LogP contribution in [0, 0.1) is 0 Å². The fourth-order valence-electron chi connectivity index (χ4n) is 10.7. The van der Waals surface area contributed by atoms with Crippen LogP contribution in [0.5, 0.6) is 80.5 Å². The number of fused-ring (bicyclic) bond motifs is 7. The molecule has 131 heavy (non-hydrogen) atoms.